The Hall–Kier alpha value is -1.46. The van der Waals surface area contributed by atoms with E-state index in [0.717, 1.165) is 12.8 Å². The zero-order valence-corrected chi connectivity index (χ0v) is 10.2. The fraction of sp³-hybridized carbons (Fsp3) is 0.583. The lowest BCUT2D eigenvalue weighted by Gasteiger charge is -2.25. The number of alkyl halides is 3. The molecule has 1 aromatic rings. The molecule has 1 aliphatic rings. The van der Waals surface area contributed by atoms with Crippen molar-refractivity contribution in [2.24, 2.45) is 0 Å². The van der Waals surface area contributed by atoms with Crippen LogP contribution in [-0.4, -0.2) is 30.3 Å². The summed E-state index contributed by atoms with van der Waals surface area (Å²) in [6.07, 6.45) is -2.58. The lowest BCUT2D eigenvalue weighted by molar-refractivity contribution is -0.120. The van der Waals surface area contributed by atoms with E-state index in [1.807, 2.05) is 6.92 Å². The average Bonchev–Trinajstić information content (AvgIpc) is 3.09. The molecule has 1 aromatic heterocycles. The van der Waals surface area contributed by atoms with Gasteiger partial charge in [-0.05, 0) is 31.9 Å². The first kappa shape index (κ1) is 13.0. The topological polar surface area (TPSA) is 28.2 Å². The van der Waals surface area contributed by atoms with Crippen molar-refractivity contribution >= 4 is 11.6 Å². The second kappa shape index (κ2) is 5.04. The summed E-state index contributed by atoms with van der Waals surface area (Å²) < 4.78 is 37.6. The Morgan fingerprint density at radius 2 is 2.11 bits per heavy atom. The molecule has 18 heavy (non-hydrogen) atoms. The van der Waals surface area contributed by atoms with Gasteiger partial charge in [0.1, 0.15) is 18.2 Å². The van der Waals surface area contributed by atoms with E-state index in [9.17, 15) is 13.2 Å². The fourth-order valence-electron chi connectivity index (χ4n) is 1.84. The first-order valence-corrected chi connectivity index (χ1v) is 6.04. The van der Waals surface area contributed by atoms with Gasteiger partial charge in [0.05, 0.1) is 0 Å². The number of hydrogen-bond donors (Lipinski definition) is 1. The Morgan fingerprint density at radius 1 is 1.39 bits per heavy atom. The van der Waals surface area contributed by atoms with Gasteiger partial charge in [-0.25, -0.2) is 4.98 Å². The molecular formula is C12H16F3N3. The number of aromatic nitrogens is 1. The van der Waals surface area contributed by atoms with Crippen LogP contribution in [0.15, 0.2) is 18.2 Å². The van der Waals surface area contributed by atoms with Crippen LogP contribution in [-0.2, 0) is 0 Å². The molecule has 1 saturated carbocycles. The van der Waals surface area contributed by atoms with Crippen LogP contribution >= 0.6 is 0 Å². The van der Waals surface area contributed by atoms with Crippen LogP contribution in [0.5, 0.6) is 0 Å². The number of anilines is 2. The van der Waals surface area contributed by atoms with E-state index in [4.69, 9.17) is 0 Å². The molecule has 1 N–H and O–H groups in total. The summed E-state index contributed by atoms with van der Waals surface area (Å²) in [7, 11) is 0. The van der Waals surface area contributed by atoms with E-state index in [0.29, 0.717) is 18.2 Å². The first-order valence-electron chi connectivity index (χ1n) is 6.04. The highest BCUT2D eigenvalue weighted by molar-refractivity contribution is 5.48. The van der Waals surface area contributed by atoms with Gasteiger partial charge < -0.3 is 10.2 Å². The first-order chi connectivity index (χ1) is 8.49. The Labute approximate surface area is 104 Å². The molecule has 0 bridgehead atoms. The summed E-state index contributed by atoms with van der Waals surface area (Å²) in [5, 5.41) is 3.01. The molecule has 0 aliphatic heterocycles. The van der Waals surface area contributed by atoms with Gasteiger partial charge in [-0.2, -0.15) is 13.2 Å². The van der Waals surface area contributed by atoms with Crippen molar-refractivity contribution in [2.75, 3.05) is 23.3 Å². The summed E-state index contributed by atoms with van der Waals surface area (Å²) in [5.74, 6) is 1.01. The minimum Gasteiger partial charge on any atom is -0.370 e. The van der Waals surface area contributed by atoms with Crippen LogP contribution in [0.4, 0.5) is 24.8 Å². The average molecular weight is 259 g/mol. The number of nitrogens with zero attached hydrogens (tertiary/aromatic N) is 2. The number of rotatable bonds is 5. The Balaban J connectivity index is 2.17. The second-order valence-corrected chi connectivity index (χ2v) is 4.39. The summed E-state index contributed by atoms with van der Waals surface area (Å²) in [5.41, 5.74) is 0. The maximum Gasteiger partial charge on any atom is 0.405 e. The Kier molecular flexibility index (Phi) is 3.63. The van der Waals surface area contributed by atoms with E-state index >= 15 is 0 Å². The standard InChI is InChI=1S/C12H16F3N3/c1-2-16-10-4-3-5-11(17-10)18(9-6-7-9)8-12(13,14)15/h3-5,9H,2,6-8H2,1H3,(H,16,17). The van der Waals surface area contributed by atoms with Gasteiger partial charge in [0, 0.05) is 12.6 Å². The molecule has 3 nitrogen and oxygen atoms in total. The summed E-state index contributed by atoms with van der Waals surface area (Å²) in [6, 6.07) is 5.10. The molecule has 1 heterocycles. The molecule has 0 amide bonds. The molecule has 0 unspecified atom stereocenters. The lowest BCUT2D eigenvalue weighted by atomic mass is 10.3. The van der Waals surface area contributed by atoms with Crippen molar-refractivity contribution in [1.82, 2.24) is 4.98 Å². The Morgan fingerprint density at radius 3 is 2.67 bits per heavy atom. The minimum atomic E-state index is -4.20. The molecule has 0 aromatic carbocycles. The van der Waals surface area contributed by atoms with Crippen LogP contribution in [0.25, 0.3) is 0 Å². The second-order valence-electron chi connectivity index (χ2n) is 4.39. The van der Waals surface area contributed by atoms with Crippen LogP contribution in [0.1, 0.15) is 19.8 Å². The third-order valence-corrected chi connectivity index (χ3v) is 2.72. The van der Waals surface area contributed by atoms with Gasteiger partial charge in [0.15, 0.2) is 0 Å². The number of pyridine rings is 1. The van der Waals surface area contributed by atoms with Gasteiger partial charge in [0.25, 0.3) is 0 Å². The molecule has 6 heteroatoms. The SMILES string of the molecule is CCNc1cccc(N(CC(F)(F)F)C2CC2)n1. The number of halogens is 3. The van der Waals surface area contributed by atoms with Gasteiger partial charge in [-0.1, -0.05) is 6.07 Å². The highest BCUT2D eigenvalue weighted by atomic mass is 19.4. The van der Waals surface area contributed by atoms with E-state index in [-0.39, 0.29) is 6.04 Å². The van der Waals surface area contributed by atoms with Crippen molar-refractivity contribution in [3.63, 3.8) is 0 Å². The zero-order valence-electron chi connectivity index (χ0n) is 10.2. The van der Waals surface area contributed by atoms with Crippen LogP contribution < -0.4 is 10.2 Å². The highest BCUT2D eigenvalue weighted by Gasteiger charge is 2.38. The van der Waals surface area contributed by atoms with E-state index in [1.54, 1.807) is 18.2 Å². The maximum absolute atomic E-state index is 12.5. The summed E-state index contributed by atoms with van der Waals surface area (Å²) in [6.45, 7) is 1.68. The third-order valence-electron chi connectivity index (χ3n) is 2.72. The molecule has 2 rings (SSSR count). The summed E-state index contributed by atoms with van der Waals surface area (Å²) >= 11 is 0. The predicted octanol–water partition coefficient (Wildman–Crippen LogP) is 3.04. The van der Waals surface area contributed by atoms with Crippen molar-refractivity contribution in [3.05, 3.63) is 18.2 Å². The van der Waals surface area contributed by atoms with E-state index in [1.165, 1.54) is 4.90 Å². The molecular weight excluding hydrogens is 243 g/mol. The quantitative estimate of drug-likeness (QED) is 0.881. The number of nitrogens with one attached hydrogen (secondary N) is 1. The monoisotopic (exact) mass is 259 g/mol. The lowest BCUT2D eigenvalue weighted by Crippen LogP contribution is -2.36. The van der Waals surface area contributed by atoms with Crippen LogP contribution in [0, 0.1) is 0 Å². The van der Waals surface area contributed by atoms with Gasteiger partial charge >= 0.3 is 6.18 Å². The molecule has 1 fully saturated rings. The highest BCUT2D eigenvalue weighted by Crippen LogP contribution is 2.33. The normalized spacial score (nSPS) is 15.6. The van der Waals surface area contributed by atoms with Gasteiger partial charge in [-0.3, -0.25) is 0 Å². The predicted molar refractivity (Wildman–Crippen MR) is 64.8 cm³/mol. The Bertz CT molecular complexity index is 402. The molecule has 0 spiro atoms. The molecule has 0 atom stereocenters. The molecule has 0 radical (unpaired) electrons. The summed E-state index contributed by atoms with van der Waals surface area (Å²) in [4.78, 5) is 5.57. The minimum absolute atomic E-state index is 0.0176. The smallest absolute Gasteiger partial charge is 0.370 e. The van der Waals surface area contributed by atoms with Crippen molar-refractivity contribution in [3.8, 4) is 0 Å². The van der Waals surface area contributed by atoms with Crippen molar-refractivity contribution in [1.29, 1.82) is 0 Å². The van der Waals surface area contributed by atoms with Crippen LogP contribution in [0.2, 0.25) is 0 Å². The van der Waals surface area contributed by atoms with E-state index < -0.39 is 12.7 Å². The van der Waals surface area contributed by atoms with E-state index in [2.05, 4.69) is 10.3 Å². The largest absolute Gasteiger partial charge is 0.405 e. The van der Waals surface area contributed by atoms with Crippen molar-refractivity contribution < 1.29 is 13.2 Å². The zero-order chi connectivity index (χ0) is 13.2. The maximum atomic E-state index is 12.5. The molecule has 1 aliphatic carbocycles. The van der Waals surface area contributed by atoms with Crippen molar-refractivity contribution in [2.45, 2.75) is 32.0 Å². The fourth-order valence-corrected chi connectivity index (χ4v) is 1.84. The van der Waals surface area contributed by atoms with Crippen LogP contribution in [0.3, 0.4) is 0 Å². The van der Waals surface area contributed by atoms with Gasteiger partial charge in [0.2, 0.25) is 0 Å². The van der Waals surface area contributed by atoms with Gasteiger partial charge in [-0.15, -0.1) is 0 Å². The third kappa shape index (κ3) is 3.51. The molecule has 0 saturated heterocycles. The number of hydrogen-bond acceptors (Lipinski definition) is 3. The molecule has 100 valence electrons.